The number of fused-ring (bicyclic) bond motifs is 1. The molecule has 3 aromatic rings. The molecule has 39 heavy (non-hydrogen) atoms. The van der Waals surface area contributed by atoms with E-state index in [9.17, 15) is 14.4 Å². The first kappa shape index (κ1) is 27.9. The number of carbonyl (C=O) groups excluding carboxylic acids is 3. The first-order valence-electron chi connectivity index (χ1n) is 13.5. The minimum atomic E-state index is -0.475. The number of thioether (sulfide) groups is 1. The largest absolute Gasteiger partial charge is 0.462 e. The predicted octanol–water partition coefficient (Wildman–Crippen LogP) is 5.62. The number of thiophene rings is 2. The molecule has 9 nitrogen and oxygen atoms in total. The molecule has 12 heteroatoms. The van der Waals surface area contributed by atoms with Gasteiger partial charge < -0.3 is 19.9 Å². The maximum absolute atomic E-state index is 13.3. The molecule has 0 aromatic carbocycles. The topological polar surface area (TPSA) is 115 Å². The molecule has 2 aliphatic carbocycles. The Morgan fingerprint density at radius 3 is 2.74 bits per heavy atom. The number of rotatable bonds is 10. The number of hydrogen-bond acceptors (Lipinski definition) is 9. The van der Waals surface area contributed by atoms with Gasteiger partial charge in [0.2, 0.25) is 5.91 Å². The average Bonchev–Trinajstić information content (AvgIpc) is 3.73. The summed E-state index contributed by atoms with van der Waals surface area (Å²) in [5, 5.41) is 17.5. The second kappa shape index (κ2) is 12.6. The highest BCUT2D eigenvalue weighted by molar-refractivity contribution is 8.00. The van der Waals surface area contributed by atoms with Gasteiger partial charge in [-0.3, -0.25) is 9.59 Å². The summed E-state index contributed by atoms with van der Waals surface area (Å²) >= 11 is 4.23. The second-order valence-electron chi connectivity index (χ2n) is 9.75. The van der Waals surface area contributed by atoms with E-state index in [-0.39, 0.29) is 37.0 Å². The number of carbonyl (C=O) groups is 3. The average molecular weight is 588 g/mol. The molecular formula is C27H33N5O4S3. The van der Waals surface area contributed by atoms with Gasteiger partial charge in [0.25, 0.3) is 5.91 Å². The van der Waals surface area contributed by atoms with Crippen molar-refractivity contribution in [1.29, 1.82) is 0 Å². The van der Waals surface area contributed by atoms with Gasteiger partial charge in [0.15, 0.2) is 11.0 Å². The minimum Gasteiger partial charge on any atom is -0.462 e. The van der Waals surface area contributed by atoms with Crippen molar-refractivity contribution in [3.05, 3.63) is 44.2 Å². The number of amides is 2. The highest BCUT2D eigenvalue weighted by Crippen LogP contribution is 2.40. The van der Waals surface area contributed by atoms with Gasteiger partial charge in [-0.1, -0.05) is 37.1 Å². The van der Waals surface area contributed by atoms with Crippen LogP contribution in [0.4, 0.5) is 5.00 Å². The quantitative estimate of drug-likeness (QED) is 0.234. The summed E-state index contributed by atoms with van der Waals surface area (Å²) in [5.41, 5.74) is 1.52. The summed E-state index contributed by atoms with van der Waals surface area (Å²) in [4.78, 5) is 40.4. The summed E-state index contributed by atoms with van der Waals surface area (Å²) in [6, 6.07) is 3.88. The number of esters is 1. The van der Waals surface area contributed by atoms with E-state index >= 15 is 0 Å². The highest BCUT2D eigenvalue weighted by Gasteiger charge is 2.30. The van der Waals surface area contributed by atoms with E-state index in [1.165, 1.54) is 40.9 Å². The summed E-state index contributed by atoms with van der Waals surface area (Å²) in [6.07, 6.45) is 8.26. The summed E-state index contributed by atoms with van der Waals surface area (Å²) < 4.78 is 7.42. The maximum Gasteiger partial charge on any atom is 0.341 e. The number of nitrogens with zero attached hydrogens (tertiary/aromatic N) is 3. The lowest BCUT2D eigenvalue weighted by Crippen LogP contribution is -2.26. The van der Waals surface area contributed by atoms with Crippen LogP contribution in [-0.2, 0) is 28.9 Å². The molecule has 0 spiro atoms. The van der Waals surface area contributed by atoms with Crippen LogP contribution in [0.1, 0.15) is 94.7 Å². The van der Waals surface area contributed by atoms with Crippen molar-refractivity contribution in [2.75, 3.05) is 11.9 Å². The van der Waals surface area contributed by atoms with Crippen LogP contribution in [0.2, 0.25) is 0 Å². The smallest absolute Gasteiger partial charge is 0.341 e. The van der Waals surface area contributed by atoms with E-state index in [2.05, 4.69) is 25.4 Å². The fourth-order valence-corrected chi connectivity index (χ4v) is 8.06. The standard InChI is InChI=1S/C27H33N5O4S3/c1-3-36-26(35)22-18-11-7-12-19(18)39-25(22)29-23(33)16(2)38-27-31-30-21(32(27)17-9-5-4-6-10-17)15-28-24(34)20-13-8-14-37-20/h8,13-14,16-17H,3-7,9-12,15H2,1-2H3,(H,28,34)(H,29,33). The maximum atomic E-state index is 13.3. The van der Waals surface area contributed by atoms with Crippen molar-refractivity contribution >= 4 is 57.2 Å². The summed E-state index contributed by atoms with van der Waals surface area (Å²) in [7, 11) is 0. The Labute approximate surface area is 240 Å². The second-order valence-corrected chi connectivity index (χ2v) is 13.1. The highest BCUT2D eigenvalue weighted by atomic mass is 32.2. The Bertz CT molecular complexity index is 1330. The number of ether oxygens (including phenoxy) is 1. The zero-order chi connectivity index (χ0) is 27.4. The van der Waals surface area contributed by atoms with Crippen LogP contribution < -0.4 is 10.6 Å². The molecule has 3 heterocycles. The van der Waals surface area contributed by atoms with Crippen molar-refractivity contribution in [2.45, 2.75) is 88.2 Å². The zero-order valence-corrected chi connectivity index (χ0v) is 24.6. The first-order chi connectivity index (χ1) is 19.0. The Morgan fingerprint density at radius 2 is 2.00 bits per heavy atom. The molecule has 1 atom stereocenters. The van der Waals surface area contributed by atoms with Crippen LogP contribution in [0.5, 0.6) is 0 Å². The van der Waals surface area contributed by atoms with E-state index in [4.69, 9.17) is 4.74 Å². The van der Waals surface area contributed by atoms with Crippen LogP contribution in [-0.4, -0.2) is 44.4 Å². The van der Waals surface area contributed by atoms with Crippen LogP contribution >= 0.6 is 34.4 Å². The Morgan fingerprint density at radius 1 is 1.18 bits per heavy atom. The van der Waals surface area contributed by atoms with E-state index in [0.717, 1.165) is 55.4 Å². The van der Waals surface area contributed by atoms with Gasteiger partial charge in [-0.25, -0.2) is 4.79 Å². The molecule has 2 N–H and O–H groups in total. The van der Waals surface area contributed by atoms with E-state index < -0.39 is 5.25 Å². The van der Waals surface area contributed by atoms with Crippen molar-refractivity contribution in [3.63, 3.8) is 0 Å². The third-order valence-corrected chi connectivity index (χ3v) is 10.2. The fourth-order valence-electron chi connectivity index (χ4n) is 5.21. The van der Waals surface area contributed by atoms with Crippen LogP contribution in [0, 0.1) is 0 Å². The first-order valence-corrected chi connectivity index (χ1v) is 16.1. The molecule has 1 unspecified atom stereocenters. The molecule has 0 saturated heterocycles. The third kappa shape index (κ3) is 6.22. The molecule has 1 saturated carbocycles. The van der Waals surface area contributed by atoms with Gasteiger partial charge >= 0.3 is 5.97 Å². The van der Waals surface area contributed by atoms with E-state index in [0.29, 0.717) is 26.4 Å². The summed E-state index contributed by atoms with van der Waals surface area (Å²) in [5.74, 6) is -0.0124. The van der Waals surface area contributed by atoms with Crippen LogP contribution in [0.3, 0.4) is 0 Å². The lowest BCUT2D eigenvalue weighted by molar-refractivity contribution is -0.115. The van der Waals surface area contributed by atoms with Gasteiger partial charge in [-0.2, -0.15) is 0 Å². The Balaban J connectivity index is 1.31. The molecule has 2 aliphatic rings. The number of hydrogen-bond donors (Lipinski definition) is 2. The molecule has 2 amide bonds. The fraction of sp³-hybridized carbons (Fsp3) is 0.519. The van der Waals surface area contributed by atoms with E-state index in [1.54, 1.807) is 13.0 Å². The van der Waals surface area contributed by atoms with Gasteiger partial charge in [-0.15, -0.1) is 32.9 Å². The van der Waals surface area contributed by atoms with Crippen molar-refractivity contribution in [2.24, 2.45) is 0 Å². The van der Waals surface area contributed by atoms with Crippen molar-refractivity contribution in [1.82, 2.24) is 20.1 Å². The SMILES string of the molecule is CCOC(=O)c1c(NC(=O)C(C)Sc2nnc(CNC(=O)c3cccs3)n2C2CCCCC2)sc2c1CCC2. The lowest BCUT2D eigenvalue weighted by atomic mass is 9.95. The molecule has 0 radical (unpaired) electrons. The lowest BCUT2D eigenvalue weighted by Gasteiger charge is -2.26. The molecular weight excluding hydrogens is 555 g/mol. The minimum absolute atomic E-state index is 0.134. The monoisotopic (exact) mass is 587 g/mol. The molecule has 1 fully saturated rings. The van der Waals surface area contributed by atoms with Crippen molar-refractivity contribution in [3.8, 4) is 0 Å². The summed E-state index contributed by atoms with van der Waals surface area (Å²) in [6.45, 7) is 4.18. The van der Waals surface area contributed by atoms with Gasteiger partial charge in [0, 0.05) is 10.9 Å². The van der Waals surface area contributed by atoms with Gasteiger partial charge in [-0.05, 0) is 63.0 Å². The molecule has 0 aliphatic heterocycles. The molecule has 0 bridgehead atoms. The number of aromatic nitrogens is 3. The van der Waals surface area contributed by atoms with Gasteiger partial charge in [0.05, 0.1) is 28.8 Å². The predicted molar refractivity (Wildman–Crippen MR) is 154 cm³/mol. The number of aryl methyl sites for hydroxylation is 1. The van der Waals surface area contributed by atoms with Gasteiger partial charge in [0.1, 0.15) is 5.00 Å². The van der Waals surface area contributed by atoms with Crippen LogP contribution in [0.15, 0.2) is 22.7 Å². The Kier molecular flexibility index (Phi) is 9.03. The van der Waals surface area contributed by atoms with E-state index in [1.807, 2.05) is 18.4 Å². The molecule has 208 valence electrons. The van der Waals surface area contributed by atoms with Crippen LogP contribution in [0.25, 0.3) is 0 Å². The van der Waals surface area contributed by atoms with Crippen molar-refractivity contribution < 1.29 is 19.1 Å². The zero-order valence-electron chi connectivity index (χ0n) is 22.2. The Hall–Kier alpha value is -2.70. The number of nitrogens with one attached hydrogen (secondary N) is 2. The third-order valence-electron chi connectivity index (χ3n) is 7.12. The molecule has 5 rings (SSSR count). The normalized spacial score (nSPS) is 16.1. The number of anilines is 1. The molecule has 3 aromatic heterocycles.